The summed E-state index contributed by atoms with van der Waals surface area (Å²) in [5.74, 6) is 1.31. The van der Waals surface area contributed by atoms with Crippen LogP contribution in [0.1, 0.15) is 24.3 Å². The lowest BCUT2D eigenvalue weighted by atomic mass is 10.1. The predicted octanol–water partition coefficient (Wildman–Crippen LogP) is 6.13. The fraction of sp³-hybridized carbons (Fsp3) is 0.200. The molecule has 27 heavy (non-hydrogen) atoms. The van der Waals surface area contributed by atoms with Gasteiger partial charge in [0.25, 0.3) is 0 Å². The number of hydrogen-bond donors (Lipinski definition) is 1. The summed E-state index contributed by atoms with van der Waals surface area (Å²) in [7, 11) is 1.75. The number of amides is 2. The number of rotatable bonds is 5. The zero-order chi connectivity index (χ0) is 18.8. The summed E-state index contributed by atoms with van der Waals surface area (Å²) >= 11 is 7.14. The number of aromatic nitrogens is 1. The molecule has 3 aromatic rings. The summed E-state index contributed by atoms with van der Waals surface area (Å²) < 4.78 is 5.72. The monoisotopic (exact) mass is 399 g/mol. The SMILES string of the molecule is CN(C(=O)Nc1ncc(Oc2ccc(Cl)cc2)s1)c1cccc(C2CC2)c1. The van der Waals surface area contributed by atoms with Gasteiger partial charge in [-0.1, -0.05) is 35.1 Å². The molecular weight excluding hydrogens is 382 g/mol. The van der Waals surface area contributed by atoms with Crippen molar-refractivity contribution >= 4 is 39.8 Å². The van der Waals surface area contributed by atoms with E-state index in [1.165, 1.54) is 29.7 Å². The van der Waals surface area contributed by atoms with Gasteiger partial charge in [0.2, 0.25) is 5.06 Å². The highest BCUT2D eigenvalue weighted by molar-refractivity contribution is 7.17. The maximum atomic E-state index is 12.5. The van der Waals surface area contributed by atoms with Crippen LogP contribution in [0.15, 0.2) is 54.7 Å². The third kappa shape index (κ3) is 4.40. The maximum Gasteiger partial charge on any atom is 0.327 e. The van der Waals surface area contributed by atoms with Crippen LogP contribution in [-0.2, 0) is 0 Å². The van der Waals surface area contributed by atoms with Crippen molar-refractivity contribution in [3.05, 3.63) is 65.3 Å². The molecule has 138 valence electrons. The minimum Gasteiger partial charge on any atom is -0.445 e. The topological polar surface area (TPSA) is 54.5 Å². The second kappa shape index (κ2) is 7.58. The summed E-state index contributed by atoms with van der Waals surface area (Å²) in [5.41, 5.74) is 2.16. The van der Waals surface area contributed by atoms with Gasteiger partial charge in [0, 0.05) is 17.8 Å². The Kier molecular flexibility index (Phi) is 5.01. The van der Waals surface area contributed by atoms with Gasteiger partial charge in [-0.15, -0.1) is 0 Å². The standard InChI is InChI=1S/C20H18ClN3O2S/c1-24(16-4-2-3-14(11-16)13-5-6-13)20(25)23-19-22-12-18(27-19)26-17-9-7-15(21)8-10-17/h2-4,7-13H,5-6H2,1H3,(H,22,23,25). The van der Waals surface area contributed by atoms with Gasteiger partial charge in [0.1, 0.15) is 5.75 Å². The highest BCUT2D eigenvalue weighted by Crippen LogP contribution is 2.41. The van der Waals surface area contributed by atoms with Gasteiger partial charge in [0.15, 0.2) is 5.13 Å². The van der Waals surface area contributed by atoms with Crippen LogP contribution in [0.5, 0.6) is 10.8 Å². The smallest absolute Gasteiger partial charge is 0.327 e. The van der Waals surface area contributed by atoms with Crippen molar-refractivity contribution in [1.29, 1.82) is 0 Å². The molecular formula is C20H18ClN3O2S. The fourth-order valence-electron chi connectivity index (χ4n) is 2.68. The number of nitrogens with one attached hydrogen (secondary N) is 1. The number of urea groups is 1. The molecule has 0 radical (unpaired) electrons. The molecule has 0 aliphatic heterocycles. The van der Waals surface area contributed by atoms with Crippen LogP contribution in [-0.4, -0.2) is 18.1 Å². The molecule has 1 heterocycles. The second-order valence-corrected chi connectivity index (χ2v) is 7.83. The molecule has 4 rings (SSSR count). The number of nitrogens with zero attached hydrogens (tertiary/aromatic N) is 2. The summed E-state index contributed by atoms with van der Waals surface area (Å²) in [6, 6.07) is 15.0. The van der Waals surface area contributed by atoms with E-state index in [4.69, 9.17) is 16.3 Å². The van der Waals surface area contributed by atoms with Crippen LogP contribution in [0, 0.1) is 0 Å². The van der Waals surface area contributed by atoms with Crippen LogP contribution in [0.4, 0.5) is 15.6 Å². The Labute approximate surface area is 166 Å². The Morgan fingerprint density at radius 2 is 2.04 bits per heavy atom. The first kappa shape index (κ1) is 17.8. The molecule has 1 aliphatic rings. The van der Waals surface area contributed by atoms with Crippen LogP contribution >= 0.6 is 22.9 Å². The van der Waals surface area contributed by atoms with Gasteiger partial charge < -0.3 is 4.74 Å². The minimum absolute atomic E-state index is 0.240. The first-order valence-corrected chi connectivity index (χ1v) is 9.82. The van der Waals surface area contributed by atoms with Crippen molar-refractivity contribution in [3.63, 3.8) is 0 Å². The number of thiazole rings is 1. The van der Waals surface area contributed by atoms with Crippen LogP contribution in [0.2, 0.25) is 5.02 Å². The van der Waals surface area contributed by atoms with Crippen LogP contribution in [0.25, 0.3) is 0 Å². The number of anilines is 2. The van der Waals surface area contributed by atoms with Crippen LogP contribution < -0.4 is 15.0 Å². The molecule has 7 heteroatoms. The summed E-state index contributed by atoms with van der Waals surface area (Å²) in [6.45, 7) is 0. The number of carbonyl (C=O) groups excluding carboxylic acids is 1. The number of halogens is 1. The number of ether oxygens (including phenoxy) is 1. The molecule has 0 saturated heterocycles. The maximum absolute atomic E-state index is 12.5. The van der Waals surface area contributed by atoms with E-state index in [9.17, 15) is 4.79 Å². The van der Waals surface area contributed by atoms with E-state index < -0.39 is 0 Å². The number of benzene rings is 2. The van der Waals surface area contributed by atoms with Gasteiger partial charge in [-0.25, -0.2) is 9.78 Å². The molecule has 1 aliphatic carbocycles. The summed E-state index contributed by atoms with van der Waals surface area (Å²) in [4.78, 5) is 18.3. The molecule has 2 amide bonds. The van der Waals surface area contributed by atoms with E-state index in [2.05, 4.69) is 22.4 Å². The average molecular weight is 400 g/mol. The highest BCUT2D eigenvalue weighted by Gasteiger charge is 2.24. The van der Waals surface area contributed by atoms with Gasteiger partial charge in [0.05, 0.1) is 6.20 Å². The van der Waals surface area contributed by atoms with Crippen molar-refractivity contribution in [2.24, 2.45) is 0 Å². The lowest BCUT2D eigenvalue weighted by Crippen LogP contribution is -2.31. The third-order valence-corrected chi connectivity index (χ3v) is 5.38. The molecule has 1 fully saturated rings. The number of hydrogen-bond acceptors (Lipinski definition) is 4. The molecule has 0 atom stereocenters. The Morgan fingerprint density at radius 1 is 1.26 bits per heavy atom. The summed E-state index contributed by atoms with van der Waals surface area (Å²) in [6.07, 6.45) is 4.05. The molecule has 0 spiro atoms. The lowest BCUT2D eigenvalue weighted by Gasteiger charge is -2.18. The highest BCUT2D eigenvalue weighted by atomic mass is 35.5. The van der Waals surface area contributed by atoms with E-state index >= 15 is 0 Å². The van der Waals surface area contributed by atoms with Gasteiger partial charge in [-0.3, -0.25) is 10.2 Å². The lowest BCUT2D eigenvalue weighted by molar-refractivity contribution is 0.258. The Bertz CT molecular complexity index is 954. The van der Waals surface area contributed by atoms with Crippen molar-refractivity contribution < 1.29 is 9.53 Å². The van der Waals surface area contributed by atoms with E-state index in [1.54, 1.807) is 42.4 Å². The summed E-state index contributed by atoms with van der Waals surface area (Å²) in [5, 5.41) is 4.53. The van der Waals surface area contributed by atoms with Gasteiger partial charge in [-0.05, 0) is 60.7 Å². The molecule has 1 N–H and O–H groups in total. The van der Waals surface area contributed by atoms with Crippen molar-refractivity contribution in [1.82, 2.24) is 4.98 Å². The van der Waals surface area contributed by atoms with Crippen LogP contribution in [0.3, 0.4) is 0 Å². The molecule has 0 bridgehead atoms. The minimum atomic E-state index is -0.240. The molecule has 2 aromatic carbocycles. The average Bonchev–Trinajstić information content (AvgIpc) is 3.45. The Hall–Kier alpha value is -2.57. The second-order valence-electron chi connectivity index (χ2n) is 6.40. The predicted molar refractivity (Wildman–Crippen MR) is 109 cm³/mol. The fourth-order valence-corrected chi connectivity index (χ4v) is 3.48. The van der Waals surface area contributed by atoms with Gasteiger partial charge >= 0.3 is 6.03 Å². The zero-order valence-corrected chi connectivity index (χ0v) is 16.3. The van der Waals surface area contributed by atoms with E-state index in [0.29, 0.717) is 26.9 Å². The molecule has 5 nitrogen and oxygen atoms in total. The molecule has 1 saturated carbocycles. The van der Waals surface area contributed by atoms with E-state index in [1.807, 2.05) is 12.1 Å². The molecule has 1 aromatic heterocycles. The number of carbonyl (C=O) groups is 1. The molecule has 0 unspecified atom stereocenters. The third-order valence-electron chi connectivity index (χ3n) is 4.34. The van der Waals surface area contributed by atoms with Gasteiger partial charge in [-0.2, -0.15) is 0 Å². The zero-order valence-electron chi connectivity index (χ0n) is 14.7. The van der Waals surface area contributed by atoms with Crippen molar-refractivity contribution in [2.45, 2.75) is 18.8 Å². The largest absolute Gasteiger partial charge is 0.445 e. The Balaban J connectivity index is 1.40. The van der Waals surface area contributed by atoms with E-state index in [-0.39, 0.29) is 6.03 Å². The quantitative estimate of drug-likeness (QED) is 0.561. The normalized spacial score (nSPS) is 13.3. The van der Waals surface area contributed by atoms with E-state index in [0.717, 1.165) is 5.69 Å². The first-order chi connectivity index (χ1) is 13.1. The van der Waals surface area contributed by atoms with Crippen molar-refractivity contribution in [3.8, 4) is 10.8 Å². The first-order valence-electron chi connectivity index (χ1n) is 8.62. The Morgan fingerprint density at radius 3 is 2.78 bits per heavy atom. The van der Waals surface area contributed by atoms with Crippen molar-refractivity contribution in [2.75, 3.05) is 17.3 Å².